The minimum absolute atomic E-state index is 0.114. The van der Waals surface area contributed by atoms with E-state index in [0.29, 0.717) is 5.56 Å². The molecule has 0 bridgehead atoms. The third kappa shape index (κ3) is 2.61. The first-order valence-electron chi connectivity index (χ1n) is 5.01. The third-order valence-electron chi connectivity index (χ3n) is 2.36. The van der Waals surface area contributed by atoms with E-state index in [1.54, 1.807) is 18.1 Å². The van der Waals surface area contributed by atoms with Crippen LogP contribution in [0, 0.1) is 0 Å². The number of phenols is 1. The summed E-state index contributed by atoms with van der Waals surface area (Å²) in [5, 5.41) is 9.63. The fourth-order valence-electron chi connectivity index (χ4n) is 1.50. The summed E-state index contributed by atoms with van der Waals surface area (Å²) in [6.07, 6.45) is 1.22. The quantitative estimate of drug-likeness (QED) is 0.765. The van der Waals surface area contributed by atoms with Gasteiger partial charge in [-0.15, -0.1) is 0 Å². The standard InChI is InChI=1S/C12H15NO2/c1-3-13(4-2)11-6-5-10(7-8-14)12(15)9-11/h5-7,9,15H,3-4H2,1-2H3. The van der Waals surface area contributed by atoms with E-state index in [1.165, 1.54) is 6.08 Å². The predicted octanol–water partition coefficient (Wildman–Crippen LogP) is 2.08. The average molecular weight is 205 g/mol. The van der Waals surface area contributed by atoms with E-state index in [1.807, 2.05) is 6.07 Å². The lowest BCUT2D eigenvalue weighted by Gasteiger charge is -2.21. The van der Waals surface area contributed by atoms with Crippen LogP contribution in [-0.2, 0) is 4.79 Å². The van der Waals surface area contributed by atoms with Crippen LogP contribution in [0.1, 0.15) is 19.4 Å². The Hall–Kier alpha value is -1.73. The zero-order chi connectivity index (χ0) is 11.3. The highest BCUT2D eigenvalue weighted by Crippen LogP contribution is 2.24. The summed E-state index contributed by atoms with van der Waals surface area (Å²) in [7, 11) is 0. The first-order valence-corrected chi connectivity index (χ1v) is 5.01. The summed E-state index contributed by atoms with van der Waals surface area (Å²) < 4.78 is 0. The number of hydrogen-bond donors (Lipinski definition) is 1. The van der Waals surface area contributed by atoms with Gasteiger partial charge in [0.15, 0.2) is 0 Å². The molecule has 3 nitrogen and oxygen atoms in total. The van der Waals surface area contributed by atoms with Gasteiger partial charge in [0.2, 0.25) is 0 Å². The molecule has 1 aromatic carbocycles. The van der Waals surface area contributed by atoms with E-state index in [4.69, 9.17) is 0 Å². The smallest absolute Gasteiger partial charge is 0.125 e. The van der Waals surface area contributed by atoms with Gasteiger partial charge >= 0.3 is 0 Å². The van der Waals surface area contributed by atoms with Crippen molar-refractivity contribution in [2.24, 2.45) is 0 Å². The van der Waals surface area contributed by atoms with Gasteiger partial charge in [-0.1, -0.05) is 0 Å². The Kier molecular flexibility index (Phi) is 3.95. The Morgan fingerprint density at radius 1 is 1.40 bits per heavy atom. The molecule has 0 saturated heterocycles. The molecule has 1 rings (SSSR count). The van der Waals surface area contributed by atoms with Gasteiger partial charge in [-0.2, -0.15) is 0 Å². The predicted molar refractivity (Wildman–Crippen MR) is 61.8 cm³/mol. The lowest BCUT2D eigenvalue weighted by Crippen LogP contribution is -2.21. The van der Waals surface area contributed by atoms with Crippen molar-refractivity contribution in [3.05, 3.63) is 23.8 Å². The molecule has 0 heterocycles. The van der Waals surface area contributed by atoms with Gasteiger partial charge in [-0.05, 0) is 26.0 Å². The molecule has 0 aliphatic rings. The monoisotopic (exact) mass is 205 g/mol. The molecule has 80 valence electrons. The van der Waals surface area contributed by atoms with Crippen LogP contribution in [0.15, 0.2) is 18.2 Å². The maximum Gasteiger partial charge on any atom is 0.125 e. The minimum Gasteiger partial charge on any atom is -0.507 e. The highest BCUT2D eigenvalue weighted by molar-refractivity contribution is 5.78. The van der Waals surface area contributed by atoms with E-state index in [-0.39, 0.29) is 5.75 Å². The fourth-order valence-corrected chi connectivity index (χ4v) is 1.50. The SMILES string of the molecule is CCN(CC)c1ccc(C=C=O)c(O)c1. The van der Waals surface area contributed by atoms with E-state index in [2.05, 4.69) is 18.7 Å². The molecule has 0 atom stereocenters. The molecule has 0 aliphatic carbocycles. The Labute approximate surface area is 89.6 Å². The summed E-state index contributed by atoms with van der Waals surface area (Å²) >= 11 is 0. The summed E-state index contributed by atoms with van der Waals surface area (Å²) in [4.78, 5) is 12.3. The molecule has 3 heteroatoms. The number of hydrogen-bond acceptors (Lipinski definition) is 3. The van der Waals surface area contributed by atoms with E-state index < -0.39 is 0 Å². The average Bonchev–Trinajstić information content (AvgIpc) is 2.24. The summed E-state index contributed by atoms with van der Waals surface area (Å²) in [6, 6.07) is 5.26. The largest absolute Gasteiger partial charge is 0.507 e. The van der Waals surface area contributed by atoms with E-state index >= 15 is 0 Å². The van der Waals surface area contributed by atoms with Crippen LogP contribution in [0.4, 0.5) is 5.69 Å². The van der Waals surface area contributed by atoms with Gasteiger partial charge in [0.05, 0.1) is 0 Å². The molecule has 1 aromatic rings. The topological polar surface area (TPSA) is 40.5 Å². The Bertz CT molecular complexity index is 377. The third-order valence-corrected chi connectivity index (χ3v) is 2.36. The van der Waals surface area contributed by atoms with Crippen molar-refractivity contribution in [2.45, 2.75) is 13.8 Å². The lowest BCUT2D eigenvalue weighted by atomic mass is 10.1. The Balaban J connectivity index is 3.04. The molecule has 0 spiro atoms. The highest BCUT2D eigenvalue weighted by Gasteiger charge is 2.04. The molecular weight excluding hydrogens is 190 g/mol. The Morgan fingerprint density at radius 3 is 2.53 bits per heavy atom. The molecule has 1 N–H and O–H groups in total. The van der Waals surface area contributed by atoms with Gasteiger partial charge in [-0.3, -0.25) is 0 Å². The van der Waals surface area contributed by atoms with Crippen molar-refractivity contribution in [3.63, 3.8) is 0 Å². The van der Waals surface area contributed by atoms with Crippen molar-refractivity contribution in [1.29, 1.82) is 0 Å². The van der Waals surface area contributed by atoms with Crippen molar-refractivity contribution in [2.75, 3.05) is 18.0 Å². The normalized spacial score (nSPS) is 9.47. The van der Waals surface area contributed by atoms with Crippen LogP contribution in [0.5, 0.6) is 5.75 Å². The first kappa shape index (κ1) is 11.3. The fraction of sp³-hybridized carbons (Fsp3) is 0.333. The van der Waals surface area contributed by atoms with Crippen molar-refractivity contribution < 1.29 is 9.90 Å². The number of benzene rings is 1. The lowest BCUT2D eigenvalue weighted by molar-refractivity contribution is 0.474. The van der Waals surface area contributed by atoms with Crippen molar-refractivity contribution in [3.8, 4) is 5.75 Å². The number of aromatic hydroxyl groups is 1. The molecule has 0 aromatic heterocycles. The van der Waals surface area contributed by atoms with Gasteiger partial charge in [0.25, 0.3) is 0 Å². The number of carbonyl (C=O) groups excluding carboxylic acids is 1. The van der Waals surface area contributed by atoms with Crippen molar-refractivity contribution in [1.82, 2.24) is 0 Å². The zero-order valence-corrected chi connectivity index (χ0v) is 9.03. The van der Waals surface area contributed by atoms with Crippen LogP contribution in [-0.4, -0.2) is 24.1 Å². The molecular formula is C12H15NO2. The van der Waals surface area contributed by atoms with Crippen LogP contribution in [0.3, 0.4) is 0 Å². The molecule has 0 unspecified atom stereocenters. The van der Waals surface area contributed by atoms with Crippen LogP contribution in [0.25, 0.3) is 6.08 Å². The second kappa shape index (κ2) is 5.23. The van der Waals surface area contributed by atoms with Crippen LogP contribution in [0.2, 0.25) is 0 Å². The van der Waals surface area contributed by atoms with Crippen LogP contribution >= 0.6 is 0 Å². The molecule has 0 fully saturated rings. The number of anilines is 1. The maximum absolute atomic E-state index is 10.2. The molecule has 0 aliphatic heterocycles. The summed E-state index contributed by atoms with van der Waals surface area (Å²) in [5.74, 6) is 1.77. The highest BCUT2D eigenvalue weighted by atomic mass is 16.3. The number of phenolic OH excluding ortho intramolecular Hbond substituents is 1. The Morgan fingerprint density at radius 2 is 2.07 bits per heavy atom. The number of nitrogens with zero attached hydrogens (tertiary/aromatic N) is 1. The molecule has 15 heavy (non-hydrogen) atoms. The number of rotatable bonds is 4. The van der Waals surface area contributed by atoms with E-state index in [9.17, 15) is 9.90 Å². The molecule has 0 saturated carbocycles. The van der Waals surface area contributed by atoms with E-state index in [0.717, 1.165) is 18.8 Å². The van der Waals surface area contributed by atoms with Gasteiger partial charge in [0.1, 0.15) is 11.7 Å². The second-order valence-corrected chi connectivity index (χ2v) is 3.18. The zero-order valence-electron chi connectivity index (χ0n) is 9.03. The van der Waals surface area contributed by atoms with Crippen molar-refractivity contribution >= 4 is 17.7 Å². The first-order chi connectivity index (χ1) is 7.22. The van der Waals surface area contributed by atoms with Gasteiger partial charge < -0.3 is 10.0 Å². The maximum atomic E-state index is 10.2. The van der Waals surface area contributed by atoms with Gasteiger partial charge in [-0.25, -0.2) is 4.79 Å². The minimum atomic E-state index is 0.114. The van der Waals surface area contributed by atoms with Crippen LogP contribution < -0.4 is 4.90 Å². The summed E-state index contributed by atoms with van der Waals surface area (Å²) in [5.41, 5.74) is 1.46. The molecule has 0 radical (unpaired) electrons. The summed E-state index contributed by atoms with van der Waals surface area (Å²) in [6.45, 7) is 5.89. The molecule has 0 amide bonds. The second-order valence-electron chi connectivity index (χ2n) is 3.18. The van der Waals surface area contributed by atoms with Gasteiger partial charge in [0, 0.05) is 36.5 Å².